The monoisotopic (exact) mass is 300 g/mol. The molecule has 0 saturated heterocycles. The van der Waals surface area contributed by atoms with Crippen molar-refractivity contribution in [2.45, 2.75) is 20.8 Å². The van der Waals surface area contributed by atoms with Gasteiger partial charge in [-0.25, -0.2) is 9.78 Å². The van der Waals surface area contributed by atoms with E-state index in [0.717, 1.165) is 20.9 Å². The molecule has 4 nitrogen and oxygen atoms in total. The van der Waals surface area contributed by atoms with Gasteiger partial charge in [0.05, 0.1) is 15.6 Å². The average molecular weight is 300 g/mol. The number of hydrogen-bond donors (Lipinski definition) is 0. The molecule has 3 rings (SSSR count). The molecule has 0 aliphatic carbocycles. The number of carbonyl (C=O) groups excluding carboxylic acids is 1. The Bertz CT molecular complexity index is 763. The summed E-state index contributed by atoms with van der Waals surface area (Å²) in [6, 6.07) is 11.7. The zero-order chi connectivity index (χ0) is 15.0. The van der Waals surface area contributed by atoms with Crippen LogP contribution in [0.25, 0.3) is 20.9 Å². The fourth-order valence-electron chi connectivity index (χ4n) is 1.82. The van der Waals surface area contributed by atoms with Crippen LogP contribution in [0.2, 0.25) is 0 Å². The Morgan fingerprint density at radius 2 is 1.95 bits per heavy atom. The van der Waals surface area contributed by atoms with Crippen LogP contribution in [0.4, 0.5) is 0 Å². The minimum atomic E-state index is -0.546. The highest BCUT2D eigenvalue weighted by molar-refractivity contribution is 7.21. The van der Waals surface area contributed by atoms with Crippen molar-refractivity contribution in [3.05, 3.63) is 42.6 Å². The van der Waals surface area contributed by atoms with E-state index >= 15 is 0 Å². The maximum absolute atomic E-state index is 12.0. The van der Waals surface area contributed by atoms with E-state index in [1.807, 2.05) is 57.2 Å². The molecule has 0 bridgehead atoms. The Kier molecular flexibility index (Phi) is 3.29. The van der Waals surface area contributed by atoms with Crippen LogP contribution in [0, 0.1) is 5.41 Å². The molecule has 0 fully saturated rings. The normalized spacial score (nSPS) is 11.8. The van der Waals surface area contributed by atoms with Gasteiger partial charge in [-0.05, 0) is 45.0 Å². The first-order valence-corrected chi connectivity index (χ1v) is 7.53. The van der Waals surface area contributed by atoms with Crippen molar-refractivity contribution in [1.29, 1.82) is 0 Å². The quantitative estimate of drug-likeness (QED) is 0.723. The van der Waals surface area contributed by atoms with Crippen molar-refractivity contribution in [2.24, 2.45) is 5.41 Å². The van der Waals surface area contributed by atoms with Crippen LogP contribution in [0.3, 0.4) is 0 Å². The zero-order valence-corrected chi connectivity index (χ0v) is 13.0. The molecule has 21 heavy (non-hydrogen) atoms. The summed E-state index contributed by atoms with van der Waals surface area (Å²) in [5.74, 6) is -0.277. The molecule has 0 unspecified atom stereocenters. The van der Waals surface area contributed by atoms with Crippen molar-refractivity contribution in [2.75, 3.05) is 0 Å². The molecule has 0 saturated carbocycles. The number of fused-ring (bicyclic) bond motifs is 1. The summed E-state index contributed by atoms with van der Waals surface area (Å²) < 4.78 is 2.60. The summed E-state index contributed by atoms with van der Waals surface area (Å²) in [4.78, 5) is 22.1. The van der Waals surface area contributed by atoms with Crippen LogP contribution >= 0.6 is 11.3 Å². The van der Waals surface area contributed by atoms with E-state index in [0.29, 0.717) is 0 Å². The maximum atomic E-state index is 12.0. The number of nitrogens with zero attached hydrogens (tertiary/aromatic N) is 2. The van der Waals surface area contributed by atoms with Gasteiger partial charge in [-0.1, -0.05) is 12.1 Å². The number of thiazole rings is 1. The second-order valence-corrected chi connectivity index (χ2v) is 6.87. The van der Waals surface area contributed by atoms with Gasteiger partial charge in [0.1, 0.15) is 10.7 Å². The van der Waals surface area contributed by atoms with Gasteiger partial charge in [-0.3, -0.25) is 0 Å². The Hall–Kier alpha value is -2.14. The topological polar surface area (TPSA) is 44.1 Å². The van der Waals surface area contributed by atoms with Gasteiger partial charge < -0.3 is 4.84 Å². The summed E-state index contributed by atoms with van der Waals surface area (Å²) in [7, 11) is 0. The van der Waals surface area contributed by atoms with Crippen LogP contribution in [-0.4, -0.2) is 15.7 Å². The first-order chi connectivity index (χ1) is 9.95. The highest BCUT2D eigenvalue weighted by Crippen LogP contribution is 2.30. The van der Waals surface area contributed by atoms with Crippen molar-refractivity contribution in [1.82, 2.24) is 9.71 Å². The van der Waals surface area contributed by atoms with Gasteiger partial charge in [-0.2, -0.15) is 4.73 Å². The first-order valence-electron chi connectivity index (χ1n) is 6.71. The van der Waals surface area contributed by atoms with E-state index < -0.39 is 5.41 Å². The molecule has 108 valence electrons. The molecule has 2 heterocycles. The number of rotatable bonds is 2. The van der Waals surface area contributed by atoms with E-state index in [4.69, 9.17) is 4.84 Å². The molecule has 2 aromatic heterocycles. The summed E-state index contributed by atoms with van der Waals surface area (Å²) in [5, 5.41) is 0.836. The Balaban J connectivity index is 1.97. The Morgan fingerprint density at radius 1 is 1.19 bits per heavy atom. The van der Waals surface area contributed by atoms with E-state index in [9.17, 15) is 4.79 Å². The van der Waals surface area contributed by atoms with Crippen LogP contribution in [0.15, 0.2) is 42.6 Å². The van der Waals surface area contributed by atoms with Crippen molar-refractivity contribution >= 4 is 27.5 Å². The summed E-state index contributed by atoms with van der Waals surface area (Å²) >= 11 is 1.58. The fraction of sp³-hybridized carbons (Fsp3) is 0.250. The second kappa shape index (κ2) is 5.00. The van der Waals surface area contributed by atoms with Crippen LogP contribution in [0.1, 0.15) is 20.8 Å². The number of para-hydroxylation sites is 1. The van der Waals surface area contributed by atoms with Crippen LogP contribution in [0.5, 0.6) is 0 Å². The predicted octanol–water partition coefficient (Wildman–Crippen LogP) is 3.77. The lowest BCUT2D eigenvalue weighted by Gasteiger charge is -2.17. The lowest BCUT2D eigenvalue weighted by Crippen LogP contribution is -2.31. The van der Waals surface area contributed by atoms with Gasteiger partial charge in [0.15, 0.2) is 0 Å². The number of aromatic nitrogens is 2. The highest BCUT2D eigenvalue weighted by atomic mass is 32.1. The third-order valence-electron chi connectivity index (χ3n) is 3.02. The molecule has 0 aliphatic rings. The van der Waals surface area contributed by atoms with Gasteiger partial charge in [0.25, 0.3) is 0 Å². The molecule has 0 radical (unpaired) electrons. The molecule has 0 amide bonds. The fourth-order valence-corrected chi connectivity index (χ4v) is 2.80. The largest absolute Gasteiger partial charge is 0.338 e. The van der Waals surface area contributed by atoms with Gasteiger partial charge in [0, 0.05) is 6.20 Å². The van der Waals surface area contributed by atoms with Crippen LogP contribution in [-0.2, 0) is 4.79 Å². The average Bonchev–Trinajstić information content (AvgIpc) is 3.02. The SMILES string of the molecule is CC(C)(C)C(=O)On1cccc1-c1nc2ccccc2s1. The van der Waals surface area contributed by atoms with Crippen LogP contribution < -0.4 is 4.84 Å². The lowest BCUT2D eigenvalue weighted by atomic mass is 9.98. The Labute approximate surface area is 127 Å². The molecular weight excluding hydrogens is 284 g/mol. The highest BCUT2D eigenvalue weighted by Gasteiger charge is 2.25. The lowest BCUT2D eigenvalue weighted by molar-refractivity contribution is -0.153. The smallest absolute Gasteiger partial charge is 0.336 e. The first kappa shape index (κ1) is 13.8. The van der Waals surface area contributed by atoms with Gasteiger partial charge >= 0.3 is 5.97 Å². The van der Waals surface area contributed by atoms with Gasteiger partial charge in [-0.15, -0.1) is 11.3 Å². The zero-order valence-electron chi connectivity index (χ0n) is 12.2. The molecule has 1 aromatic carbocycles. The molecule has 3 aromatic rings. The van der Waals surface area contributed by atoms with Crippen molar-refractivity contribution in [3.8, 4) is 10.7 Å². The summed E-state index contributed by atoms with van der Waals surface area (Å²) in [6.07, 6.45) is 1.73. The van der Waals surface area contributed by atoms with E-state index in [-0.39, 0.29) is 5.97 Å². The number of carbonyl (C=O) groups is 1. The van der Waals surface area contributed by atoms with Crippen molar-refractivity contribution in [3.63, 3.8) is 0 Å². The Morgan fingerprint density at radius 3 is 2.67 bits per heavy atom. The van der Waals surface area contributed by atoms with E-state index in [1.54, 1.807) is 17.5 Å². The predicted molar refractivity (Wildman–Crippen MR) is 84.1 cm³/mol. The maximum Gasteiger partial charge on any atom is 0.338 e. The molecule has 0 spiro atoms. The summed E-state index contributed by atoms with van der Waals surface area (Å²) in [5.41, 5.74) is 1.19. The molecule has 0 atom stereocenters. The molecular formula is C16H16N2O2S. The minimum absolute atomic E-state index is 0.277. The third kappa shape index (κ3) is 2.69. The van der Waals surface area contributed by atoms with E-state index in [1.165, 1.54) is 4.73 Å². The van der Waals surface area contributed by atoms with Gasteiger partial charge in [0.2, 0.25) is 0 Å². The number of benzene rings is 1. The molecule has 5 heteroatoms. The summed E-state index contributed by atoms with van der Waals surface area (Å²) in [6.45, 7) is 5.49. The minimum Gasteiger partial charge on any atom is -0.336 e. The van der Waals surface area contributed by atoms with E-state index in [2.05, 4.69) is 4.98 Å². The third-order valence-corrected chi connectivity index (χ3v) is 4.08. The standard InChI is InChI=1S/C16H16N2O2S/c1-16(2,3)15(19)20-18-10-6-8-12(18)14-17-11-7-4-5-9-13(11)21-14/h4-10H,1-3H3. The molecule has 0 aliphatic heterocycles. The molecule has 0 N–H and O–H groups in total. The second-order valence-electron chi connectivity index (χ2n) is 5.83. The number of hydrogen-bond acceptors (Lipinski definition) is 4. The van der Waals surface area contributed by atoms with Crippen molar-refractivity contribution < 1.29 is 9.63 Å².